The van der Waals surface area contributed by atoms with Gasteiger partial charge in [0.05, 0.1) is 19.0 Å². The number of nitrogens with two attached hydrogens (primary N) is 2. The molecule has 0 aliphatic carbocycles. The zero-order chi connectivity index (χ0) is 20.4. The van der Waals surface area contributed by atoms with Crippen molar-refractivity contribution < 1.29 is 29.1 Å². The SMILES string of the molecule is CC(C)C(N)C(=O)NC(CC(N)=O)C(=O)NCC(=O)NC(CS)C(=O)O. The first-order valence-electron chi connectivity index (χ1n) is 7.74. The zero-order valence-electron chi connectivity index (χ0n) is 14.5. The molecule has 3 atom stereocenters. The molecule has 0 aromatic rings. The number of rotatable bonds is 11. The van der Waals surface area contributed by atoms with E-state index >= 15 is 0 Å². The standard InChI is InChI=1S/C14H25N5O6S/c1-6(2)11(16)13(23)19-7(3-9(15)20)12(22)17-4-10(21)18-8(5-26)14(24)25/h6-8,11,26H,3-5,16H2,1-2H3,(H2,15,20)(H,17,22)(H,18,21)(H,19,23)(H,24,25). The molecule has 0 rings (SSSR count). The normalized spacial score (nSPS) is 14.0. The topological polar surface area (TPSA) is 194 Å². The van der Waals surface area contributed by atoms with E-state index < -0.39 is 60.7 Å². The lowest BCUT2D eigenvalue weighted by Gasteiger charge is -2.21. The van der Waals surface area contributed by atoms with Crippen molar-refractivity contribution in [2.45, 2.75) is 38.4 Å². The van der Waals surface area contributed by atoms with Crippen molar-refractivity contribution >= 4 is 42.2 Å². The summed E-state index contributed by atoms with van der Waals surface area (Å²) in [4.78, 5) is 57.7. The largest absolute Gasteiger partial charge is 0.480 e. The van der Waals surface area contributed by atoms with Gasteiger partial charge in [0.1, 0.15) is 12.1 Å². The van der Waals surface area contributed by atoms with Crippen LogP contribution in [0.1, 0.15) is 20.3 Å². The van der Waals surface area contributed by atoms with Crippen molar-refractivity contribution in [1.29, 1.82) is 0 Å². The molecule has 0 radical (unpaired) electrons. The summed E-state index contributed by atoms with van der Waals surface area (Å²) >= 11 is 3.79. The van der Waals surface area contributed by atoms with Gasteiger partial charge in [-0.1, -0.05) is 13.8 Å². The molecular formula is C14H25N5O6S. The Morgan fingerprint density at radius 3 is 2.04 bits per heavy atom. The fraction of sp³-hybridized carbons (Fsp3) is 0.643. The Morgan fingerprint density at radius 2 is 1.62 bits per heavy atom. The van der Waals surface area contributed by atoms with Crippen molar-refractivity contribution in [3.05, 3.63) is 0 Å². The number of carbonyl (C=O) groups is 5. The smallest absolute Gasteiger partial charge is 0.327 e. The fourth-order valence-electron chi connectivity index (χ4n) is 1.70. The summed E-state index contributed by atoms with van der Waals surface area (Å²) in [5.74, 6) is -4.71. The number of carboxylic acids is 1. The molecule has 148 valence electrons. The van der Waals surface area contributed by atoms with Gasteiger partial charge in [-0.05, 0) is 5.92 Å². The molecule has 8 N–H and O–H groups in total. The van der Waals surface area contributed by atoms with Crippen molar-refractivity contribution in [1.82, 2.24) is 16.0 Å². The van der Waals surface area contributed by atoms with Gasteiger partial charge in [0, 0.05) is 5.75 Å². The third-order valence-corrected chi connectivity index (χ3v) is 3.66. The summed E-state index contributed by atoms with van der Waals surface area (Å²) in [6, 6.07) is -3.42. The Kier molecular flexibility index (Phi) is 10.3. The lowest BCUT2D eigenvalue weighted by Crippen LogP contribution is -2.55. The first kappa shape index (κ1) is 23.7. The number of aliphatic carboxylic acids is 1. The second kappa shape index (κ2) is 11.3. The molecule has 0 saturated heterocycles. The van der Waals surface area contributed by atoms with Crippen LogP contribution in [-0.2, 0) is 24.0 Å². The van der Waals surface area contributed by atoms with Crippen molar-refractivity contribution in [3.8, 4) is 0 Å². The first-order valence-corrected chi connectivity index (χ1v) is 8.37. The van der Waals surface area contributed by atoms with Crippen LogP contribution in [0, 0.1) is 5.92 Å². The summed E-state index contributed by atoms with van der Waals surface area (Å²) in [6.45, 7) is 2.86. The molecule has 0 heterocycles. The van der Waals surface area contributed by atoms with E-state index in [2.05, 4.69) is 28.6 Å². The van der Waals surface area contributed by atoms with Crippen molar-refractivity contribution in [2.75, 3.05) is 12.3 Å². The zero-order valence-corrected chi connectivity index (χ0v) is 15.4. The molecular weight excluding hydrogens is 366 g/mol. The molecule has 0 bridgehead atoms. The maximum Gasteiger partial charge on any atom is 0.327 e. The monoisotopic (exact) mass is 391 g/mol. The van der Waals surface area contributed by atoms with Crippen LogP contribution in [0.2, 0.25) is 0 Å². The minimum atomic E-state index is -1.31. The second-order valence-corrected chi connectivity index (χ2v) is 6.23. The maximum absolute atomic E-state index is 12.1. The number of nitrogens with one attached hydrogen (secondary N) is 3. The highest BCUT2D eigenvalue weighted by atomic mass is 32.1. The van der Waals surface area contributed by atoms with Gasteiger partial charge in [-0.15, -0.1) is 0 Å². The molecule has 0 aromatic heterocycles. The summed E-state index contributed by atoms with van der Waals surface area (Å²) in [5, 5.41) is 15.5. The van der Waals surface area contributed by atoms with Gasteiger partial charge >= 0.3 is 5.97 Å². The van der Waals surface area contributed by atoms with E-state index in [-0.39, 0.29) is 11.7 Å². The summed E-state index contributed by atoms with van der Waals surface area (Å²) < 4.78 is 0. The van der Waals surface area contributed by atoms with Crippen LogP contribution in [-0.4, -0.2) is 65.1 Å². The van der Waals surface area contributed by atoms with Crippen LogP contribution in [0.25, 0.3) is 0 Å². The first-order chi connectivity index (χ1) is 12.0. The minimum Gasteiger partial charge on any atom is -0.480 e. The third kappa shape index (κ3) is 8.67. The molecule has 11 nitrogen and oxygen atoms in total. The van der Waals surface area contributed by atoms with Crippen LogP contribution in [0.4, 0.5) is 0 Å². The van der Waals surface area contributed by atoms with Crippen molar-refractivity contribution in [2.24, 2.45) is 17.4 Å². The van der Waals surface area contributed by atoms with Crippen LogP contribution < -0.4 is 27.4 Å². The number of hydrogen-bond acceptors (Lipinski definition) is 7. The van der Waals surface area contributed by atoms with Crippen LogP contribution in [0.5, 0.6) is 0 Å². The second-order valence-electron chi connectivity index (χ2n) is 5.86. The van der Waals surface area contributed by atoms with Gasteiger partial charge in [-0.2, -0.15) is 12.6 Å². The quantitative estimate of drug-likeness (QED) is 0.182. The molecule has 0 spiro atoms. The van der Waals surface area contributed by atoms with E-state index in [0.717, 1.165) is 0 Å². The lowest BCUT2D eigenvalue weighted by atomic mass is 10.0. The maximum atomic E-state index is 12.1. The fourth-order valence-corrected chi connectivity index (χ4v) is 1.95. The number of thiol groups is 1. The number of carbonyl (C=O) groups excluding carboxylic acids is 4. The van der Waals surface area contributed by atoms with Gasteiger partial charge in [0.15, 0.2) is 0 Å². The molecule has 12 heteroatoms. The van der Waals surface area contributed by atoms with Crippen LogP contribution >= 0.6 is 12.6 Å². The minimum absolute atomic E-state index is 0.136. The van der Waals surface area contributed by atoms with E-state index in [1.165, 1.54) is 0 Å². The van der Waals surface area contributed by atoms with Crippen molar-refractivity contribution in [3.63, 3.8) is 0 Å². The Balaban J connectivity index is 4.79. The summed E-state index contributed by atoms with van der Waals surface area (Å²) in [5.41, 5.74) is 10.7. The average molecular weight is 391 g/mol. The summed E-state index contributed by atoms with van der Waals surface area (Å²) in [7, 11) is 0. The van der Waals surface area contributed by atoms with E-state index in [1.54, 1.807) is 13.8 Å². The molecule has 0 fully saturated rings. The van der Waals surface area contributed by atoms with E-state index in [1.807, 2.05) is 0 Å². The highest BCUT2D eigenvalue weighted by Gasteiger charge is 2.27. The highest BCUT2D eigenvalue weighted by molar-refractivity contribution is 7.80. The Hall–Kier alpha value is -2.34. The van der Waals surface area contributed by atoms with Crippen LogP contribution in [0.3, 0.4) is 0 Å². The molecule has 0 aliphatic rings. The lowest BCUT2D eigenvalue weighted by molar-refractivity contribution is -0.141. The van der Waals surface area contributed by atoms with Gasteiger partial charge in [0.25, 0.3) is 0 Å². The van der Waals surface area contributed by atoms with E-state index in [0.29, 0.717) is 0 Å². The molecule has 0 aliphatic heterocycles. The summed E-state index contributed by atoms with van der Waals surface area (Å²) in [6.07, 6.45) is -0.488. The number of amides is 4. The van der Waals surface area contributed by atoms with Gasteiger partial charge in [-0.3, -0.25) is 19.2 Å². The van der Waals surface area contributed by atoms with Gasteiger partial charge in [0.2, 0.25) is 23.6 Å². The Labute approximate surface area is 156 Å². The molecule has 0 saturated carbocycles. The van der Waals surface area contributed by atoms with E-state index in [9.17, 15) is 24.0 Å². The van der Waals surface area contributed by atoms with Crippen LogP contribution in [0.15, 0.2) is 0 Å². The third-order valence-electron chi connectivity index (χ3n) is 3.30. The predicted molar refractivity (Wildman–Crippen MR) is 95.0 cm³/mol. The Bertz CT molecular complexity index is 556. The average Bonchev–Trinajstić information content (AvgIpc) is 2.55. The van der Waals surface area contributed by atoms with Gasteiger partial charge in [-0.25, -0.2) is 4.79 Å². The van der Waals surface area contributed by atoms with E-state index in [4.69, 9.17) is 16.6 Å². The number of primary amides is 1. The number of carboxylic acid groups (broad SMARTS) is 1. The molecule has 4 amide bonds. The molecule has 0 aromatic carbocycles. The number of hydrogen-bond donors (Lipinski definition) is 7. The predicted octanol–water partition coefficient (Wildman–Crippen LogP) is -3.05. The Morgan fingerprint density at radius 1 is 1.04 bits per heavy atom. The molecule has 3 unspecified atom stereocenters. The van der Waals surface area contributed by atoms with Gasteiger partial charge < -0.3 is 32.5 Å². The highest BCUT2D eigenvalue weighted by Crippen LogP contribution is 2.00. The molecule has 26 heavy (non-hydrogen) atoms.